The van der Waals surface area contributed by atoms with Crippen molar-refractivity contribution in [3.8, 4) is 0 Å². The molecule has 0 spiro atoms. The normalized spacial score (nSPS) is 12.3. The maximum absolute atomic E-state index is 10.7. The van der Waals surface area contributed by atoms with E-state index in [2.05, 4.69) is 4.98 Å². The Morgan fingerprint density at radius 2 is 2.05 bits per heavy atom. The predicted molar refractivity (Wildman–Crippen MR) is 83.9 cm³/mol. The van der Waals surface area contributed by atoms with Gasteiger partial charge in [0.1, 0.15) is 23.4 Å². The fraction of sp³-hybridized carbons (Fsp3) is 0.188. The molecule has 3 aromatic rings. The van der Waals surface area contributed by atoms with Crippen molar-refractivity contribution in [2.75, 3.05) is 11.9 Å². The van der Waals surface area contributed by atoms with Crippen molar-refractivity contribution in [3.63, 3.8) is 0 Å². The van der Waals surface area contributed by atoms with Gasteiger partial charge in [-0.3, -0.25) is 10.1 Å². The quantitative estimate of drug-likeness (QED) is 0.539. The van der Waals surface area contributed by atoms with Crippen LogP contribution in [0.25, 0.3) is 11.0 Å². The number of fused-ring (bicyclic) bond motifs is 1. The summed E-state index contributed by atoms with van der Waals surface area (Å²) in [6.07, 6.45) is 1.26. The molecule has 3 rings (SSSR count). The zero-order valence-electron chi connectivity index (χ0n) is 12.3. The largest absolute Gasteiger partial charge is 0.459 e. The summed E-state index contributed by atoms with van der Waals surface area (Å²) in [5, 5.41) is 11.7. The highest BCUT2D eigenvalue weighted by Gasteiger charge is 2.18. The molecule has 1 atom stereocenters. The molecule has 0 fully saturated rings. The summed E-state index contributed by atoms with van der Waals surface area (Å²) in [6, 6.07) is 12.9. The van der Waals surface area contributed by atoms with Crippen LogP contribution in [0.5, 0.6) is 0 Å². The maximum Gasteiger partial charge on any atom is 0.287 e. The SMILES string of the molecule is CC(c1cc2ccccc2o1)N(C)c1ccc([N+](=O)[O-])cn1. The molecule has 1 aromatic carbocycles. The van der Waals surface area contributed by atoms with Gasteiger partial charge < -0.3 is 9.32 Å². The number of furan rings is 1. The minimum absolute atomic E-state index is 0.0199. The zero-order valence-corrected chi connectivity index (χ0v) is 12.3. The van der Waals surface area contributed by atoms with Crippen LogP contribution in [0.15, 0.2) is 53.1 Å². The molecule has 6 heteroatoms. The van der Waals surface area contributed by atoms with E-state index in [0.717, 1.165) is 16.7 Å². The first-order chi connectivity index (χ1) is 10.6. The van der Waals surface area contributed by atoms with Crippen molar-refractivity contribution in [3.05, 3.63) is 64.5 Å². The summed E-state index contributed by atoms with van der Waals surface area (Å²) < 4.78 is 5.86. The number of aromatic nitrogens is 1. The number of nitro groups is 1. The van der Waals surface area contributed by atoms with Gasteiger partial charge in [-0.25, -0.2) is 4.98 Å². The van der Waals surface area contributed by atoms with Crippen LogP contribution in [0.2, 0.25) is 0 Å². The fourth-order valence-electron chi connectivity index (χ4n) is 2.29. The molecule has 0 aliphatic carbocycles. The van der Waals surface area contributed by atoms with Crippen molar-refractivity contribution in [1.29, 1.82) is 0 Å². The molecule has 0 bridgehead atoms. The number of anilines is 1. The lowest BCUT2D eigenvalue weighted by Crippen LogP contribution is -2.22. The van der Waals surface area contributed by atoms with Crippen LogP contribution in [-0.2, 0) is 0 Å². The number of pyridine rings is 1. The summed E-state index contributed by atoms with van der Waals surface area (Å²) in [5.74, 6) is 1.47. The second-order valence-electron chi connectivity index (χ2n) is 5.11. The van der Waals surface area contributed by atoms with Gasteiger partial charge in [-0.05, 0) is 25.1 Å². The first-order valence-corrected chi connectivity index (χ1v) is 6.88. The van der Waals surface area contributed by atoms with Crippen LogP contribution < -0.4 is 4.90 Å². The Kier molecular flexibility index (Phi) is 3.50. The van der Waals surface area contributed by atoms with E-state index in [0.29, 0.717) is 5.82 Å². The number of rotatable bonds is 4. The van der Waals surface area contributed by atoms with Crippen LogP contribution in [0.1, 0.15) is 18.7 Å². The summed E-state index contributed by atoms with van der Waals surface area (Å²) >= 11 is 0. The molecule has 2 heterocycles. The van der Waals surface area contributed by atoms with Crippen molar-refractivity contribution in [2.24, 2.45) is 0 Å². The van der Waals surface area contributed by atoms with Crippen molar-refractivity contribution < 1.29 is 9.34 Å². The van der Waals surface area contributed by atoms with E-state index in [-0.39, 0.29) is 11.7 Å². The topological polar surface area (TPSA) is 72.4 Å². The average Bonchev–Trinajstić information content (AvgIpc) is 2.97. The van der Waals surface area contributed by atoms with E-state index < -0.39 is 4.92 Å². The molecule has 22 heavy (non-hydrogen) atoms. The second kappa shape index (κ2) is 5.48. The lowest BCUT2D eigenvalue weighted by atomic mass is 10.2. The van der Waals surface area contributed by atoms with Gasteiger partial charge in [0.15, 0.2) is 0 Å². The molecule has 112 valence electrons. The molecule has 0 amide bonds. The average molecular weight is 297 g/mol. The maximum atomic E-state index is 10.7. The Hall–Kier alpha value is -2.89. The monoisotopic (exact) mass is 297 g/mol. The third kappa shape index (κ3) is 2.50. The van der Waals surface area contributed by atoms with Gasteiger partial charge in [-0.2, -0.15) is 0 Å². The number of nitrogens with zero attached hydrogens (tertiary/aromatic N) is 3. The summed E-state index contributed by atoms with van der Waals surface area (Å²) in [7, 11) is 1.88. The van der Waals surface area contributed by atoms with Crippen LogP contribution in [0.3, 0.4) is 0 Å². The zero-order chi connectivity index (χ0) is 15.7. The van der Waals surface area contributed by atoms with Crippen LogP contribution >= 0.6 is 0 Å². The lowest BCUT2D eigenvalue weighted by molar-refractivity contribution is -0.385. The van der Waals surface area contributed by atoms with Crippen molar-refractivity contribution in [1.82, 2.24) is 4.98 Å². The van der Waals surface area contributed by atoms with Gasteiger partial charge in [0.05, 0.1) is 11.0 Å². The highest BCUT2D eigenvalue weighted by atomic mass is 16.6. The van der Waals surface area contributed by atoms with E-state index in [1.54, 1.807) is 6.07 Å². The van der Waals surface area contributed by atoms with Crippen LogP contribution in [0, 0.1) is 10.1 Å². The van der Waals surface area contributed by atoms with Crippen molar-refractivity contribution >= 4 is 22.5 Å². The molecule has 0 saturated carbocycles. The van der Waals surface area contributed by atoms with Gasteiger partial charge in [-0.15, -0.1) is 0 Å². The molecule has 0 aliphatic heterocycles. The standard InChI is InChI=1S/C16H15N3O3/c1-11(15-9-12-5-3-4-6-14(12)22-15)18(2)16-8-7-13(10-17-16)19(20)21/h3-11H,1-2H3. The Labute approximate surface area is 127 Å². The van der Waals surface area contributed by atoms with Gasteiger partial charge in [0, 0.05) is 18.5 Å². The lowest BCUT2D eigenvalue weighted by Gasteiger charge is -2.24. The summed E-state index contributed by atoms with van der Waals surface area (Å²) in [4.78, 5) is 16.3. The van der Waals surface area contributed by atoms with E-state index in [1.165, 1.54) is 12.3 Å². The van der Waals surface area contributed by atoms with E-state index >= 15 is 0 Å². The minimum Gasteiger partial charge on any atom is -0.459 e. The second-order valence-corrected chi connectivity index (χ2v) is 5.11. The van der Waals surface area contributed by atoms with Gasteiger partial charge in [0.2, 0.25) is 0 Å². The van der Waals surface area contributed by atoms with Crippen molar-refractivity contribution in [2.45, 2.75) is 13.0 Å². The van der Waals surface area contributed by atoms with Crippen LogP contribution in [-0.4, -0.2) is 17.0 Å². The molecular formula is C16H15N3O3. The first kappa shape index (κ1) is 14.1. The number of para-hydroxylation sites is 1. The Morgan fingerprint density at radius 1 is 1.27 bits per heavy atom. The number of hydrogen-bond donors (Lipinski definition) is 0. The molecule has 0 N–H and O–H groups in total. The highest BCUT2D eigenvalue weighted by Crippen LogP contribution is 2.29. The van der Waals surface area contributed by atoms with Gasteiger partial charge in [0.25, 0.3) is 5.69 Å². The molecule has 0 aliphatic rings. The van der Waals surface area contributed by atoms with Crippen LogP contribution in [0.4, 0.5) is 11.5 Å². The van der Waals surface area contributed by atoms with Gasteiger partial charge >= 0.3 is 0 Å². The number of hydrogen-bond acceptors (Lipinski definition) is 5. The van der Waals surface area contributed by atoms with E-state index in [1.807, 2.05) is 49.2 Å². The third-order valence-corrected chi connectivity index (χ3v) is 3.74. The third-order valence-electron chi connectivity index (χ3n) is 3.74. The predicted octanol–water partition coefficient (Wildman–Crippen LogP) is 3.93. The first-order valence-electron chi connectivity index (χ1n) is 6.88. The molecular weight excluding hydrogens is 282 g/mol. The summed E-state index contributed by atoms with van der Waals surface area (Å²) in [5.41, 5.74) is 0.822. The van der Waals surface area contributed by atoms with E-state index in [9.17, 15) is 10.1 Å². The Bertz CT molecular complexity index is 778. The number of benzene rings is 1. The Balaban J connectivity index is 1.86. The summed E-state index contributed by atoms with van der Waals surface area (Å²) in [6.45, 7) is 2.00. The van der Waals surface area contributed by atoms with Gasteiger partial charge in [-0.1, -0.05) is 18.2 Å². The molecule has 0 radical (unpaired) electrons. The molecule has 6 nitrogen and oxygen atoms in total. The molecule has 0 saturated heterocycles. The van der Waals surface area contributed by atoms with E-state index in [4.69, 9.17) is 4.42 Å². The molecule has 2 aromatic heterocycles. The Morgan fingerprint density at radius 3 is 2.68 bits per heavy atom. The minimum atomic E-state index is -0.459. The fourth-order valence-corrected chi connectivity index (χ4v) is 2.29. The molecule has 1 unspecified atom stereocenters. The highest BCUT2D eigenvalue weighted by molar-refractivity contribution is 5.77. The smallest absolute Gasteiger partial charge is 0.287 e.